The summed E-state index contributed by atoms with van der Waals surface area (Å²) in [5.41, 5.74) is 1.35. The fourth-order valence-electron chi connectivity index (χ4n) is 2.91. The summed E-state index contributed by atoms with van der Waals surface area (Å²) >= 11 is 0. The van der Waals surface area contributed by atoms with E-state index in [9.17, 15) is 4.79 Å². The van der Waals surface area contributed by atoms with Crippen LogP contribution in [-0.2, 0) is 4.74 Å². The lowest BCUT2D eigenvalue weighted by atomic mass is 10.1. The first kappa shape index (κ1) is 18.1. The molecule has 1 aliphatic rings. The topological polar surface area (TPSA) is 76.6 Å². The molecule has 7 nitrogen and oxygen atoms in total. The number of nitrogens with one attached hydrogen (secondary N) is 1. The molecule has 7 heteroatoms. The molecule has 1 aromatic carbocycles. The molecule has 0 saturated carbocycles. The summed E-state index contributed by atoms with van der Waals surface area (Å²) in [6.45, 7) is 5.40. The number of anilines is 1. The van der Waals surface area contributed by atoms with Gasteiger partial charge in [0.15, 0.2) is 0 Å². The Balaban J connectivity index is 1.72. The number of hydrogen-bond acceptors (Lipinski definition) is 6. The summed E-state index contributed by atoms with van der Waals surface area (Å²) in [4.78, 5) is 23.3. The van der Waals surface area contributed by atoms with Gasteiger partial charge in [-0.2, -0.15) is 0 Å². The third kappa shape index (κ3) is 4.11. The third-order valence-electron chi connectivity index (χ3n) is 4.10. The van der Waals surface area contributed by atoms with E-state index < -0.39 is 0 Å². The van der Waals surface area contributed by atoms with Crippen LogP contribution in [0.1, 0.15) is 36.0 Å². The molecule has 2 heterocycles. The zero-order valence-corrected chi connectivity index (χ0v) is 15.3. The molecule has 1 unspecified atom stereocenters. The first-order chi connectivity index (χ1) is 12.6. The van der Waals surface area contributed by atoms with E-state index >= 15 is 0 Å². The predicted octanol–water partition coefficient (Wildman–Crippen LogP) is 2.52. The number of hydrogen-bond donors (Lipinski definition) is 1. The fourth-order valence-corrected chi connectivity index (χ4v) is 2.91. The van der Waals surface area contributed by atoms with Crippen LogP contribution >= 0.6 is 0 Å². The Kier molecular flexibility index (Phi) is 5.68. The first-order valence-electron chi connectivity index (χ1n) is 8.74. The zero-order valence-electron chi connectivity index (χ0n) is 15.3. The van der Waals surface area contributed by atoms with Gasteiger partial charge in [-0.15, -0.1) is 0 Å². The van der Waals surface area contributed by atoms with Crippen molar-refractivity contribution in [2.75, 3.05) is 32.1 Å². The Labute approximate surface area is 153 Å². The largest absolute Gasteiger partial charge is 0.491 e. The van der Waals surface area contributed by atoms with Crippen molar-refractivity contribution in [3.05, 3.63) is 47.9 Å². The molecule has 1 amide bonds. The smallest absolute Gasteiger partial charge is 0.254 e. The number of ether oxygens (including phenoxy) is 2. The van der Waals surface area contributed by atoms with Gasteiger partial charge in [0.25, 0.3) is 5.91 Å². The second-order valence-corrected chi connectivity index (χ2v) is 6.34. The SMILES string of the molecule is CNc1nccnc1C1CN(C(=O)c2ccc(OC(C)C)cc2)CCO1. The molecule has 138 valence electrons. The Morgan fingerprint density at radius 1 is 1.27 bits per heavy atom. The maximum atomic E-state index is 12.8. The second-order valence-electron chi connectivity index (χ2n) is 6.34. The van der Waals surface area contributed by atoms with Crippen molar-refractivity contribution in [3.63, 3.8) is 0 Å². The first-order valence-corrected chi connectivity index (χ1v) is 8.74. The summed E-state index contributed by atoms with van der Waals surface area (Å²) in [5, 5.41) is 3.02. The summed E-state index contributed by atoms with van der Waals surface area (Å²) in [5.74, 6) is 1.40. The lowest BCUT2D eigenvalue weighted by Crippen LogP contribution is -2.42. The van der Waals surface area contributed by atoms with E-state index in [4.69, 9.17) is 9.47 Å². The molecular formula is C19H24N4O3. The molecule has 1 saturated heterocycles. The van der Waals surface area contributed by atoms with Crippen LogP contribution in [0, 0.1) is 0 Å². The van der Waals surface area contributed by atoms with Gasteiger partial charge in [0.1, 0.15) is 23.4 Å². The molecule has 0 spiro atoms. The molecule has 1 atom stereocenters. The van der Waals surface area contributed by atoms with Gasteiger partial charge in [-0.05, 0) is 38.1 Å². The van der Waals surface area contributed by atoms with Crippen molar-refractivity contribution in [2.45, 2.75) is 26.1 Å². The highest BCUT2D eigenvalue weighted by Crippen LogP contribution is 2.26. The number of morpholine rings is 1. The average molecular weight is 356 g/mol. The van der Waals surface area contributed by atoms with Crippen molar-refractivity contribution in [1.29, 1.82) is 0 Å². The highest BCUT2D eigenvalue weighted by Gasteiger charge is 2.28. The maximum Gasteiger partial charge on any atom is 0.254 e. The molecule has 3 rings (SSSR count). The molecule has 26 heavy (non-hydrogen) atoms. The zero-order chi connectivity index (χ0) is 18.5. The van der Waals surface area contributed by atoms with Crippen LogP contribution in [0.2, 0.25) is 0 Å². The van der Waals surface area contributed by atoms with E-state index in [1.807, 2.05) is 26.0 Å². The fraction of sp³-hybridized carbons (Fsp3) is 0.421. The van der Waals surface area contributed by atoms with Crippen molar-refractivity contribution >= 4 is 11.7 Å². The van der Waals surface area contributed by atoms with E-state index in [0.29, 0.717) is 36.8 Å². The highest BCUT2D eigenvalue weighted by molar-refractivity contribution is 5.94. The minimum Gasteiger partial charge on any atom is -0.491 e. The number of carbonyl (C=O) groups excluding carboxylic acids is 1. The molecule has 0 radical (unpaired) electrons. The van der Waals surface area contributed by atoms with Gasteiger partial charge in [0.05, 0.1) is 19.3 Å². The van der Waals surface area contributed by atoms with E-state index in [0.717, 1.165) is 5.75 Å². The average Bonchev–Trinajstić information content (AvgIpc) is 2.67. The summed E-state index contributed by atoms with van der Waals surface area (Å²) < 4.78 is 11.5. The Morgan fingerprint density at radius 2 is 2.00 bits per heavy atom. The summed E-state index contributed by atoms with van der Waals surface area (Å²) in [6.07, 6.45) is 3.06. The van der Waals surface area contributed by atoms with Crippen LogP contribution in [-0.4, -0.2) is 53.6 Å². The molecule has 1 aromatic heterocycles. The maximum absolute atomic E-state index is 12.8. The van der Waals surface area contributed by atoms with E-state index in [1.165, 1.54) is 0 Å². The summed E-state index contributed by atoms with van der Waals surface area (Å²) in [6, 6.07) is 7.25. The van der Waals surface area contributed by atoms with Crippen LogP contribution in [0.25, 0.3) is 0 Å². The Bertz CT molecular complexity index is 749. The molecule has 2 aromatic rings. The molecule has 1 fully saturated rings. The number of carbonyl (C=O) groups is 1. The van der Waals surface area contributed by atoms with Gasteiger partial charge in [0, 0.05) is 31.5 Å². The van der Waals surface area contributed by atoms with E-state index in [-0.39, 0.29) is 18.1 Å². The van der Waals surface area contributed by atoms with E-state index in [2.05, 4.69) is 15.3 Å². The van der Waals surface area contributed by atoms with Crippen LogP contribution in [0.4, 0.5) is 5.82 Å². The number of aromatic nitrogens is 2. The monoisotopic (exact) mass is 356 g/mol. The van der Waals surface area contributed by atoms with Crippen LogP contribution in [0.3, 0.4) is 0 Å². The molecule has 1 aliphatic heterocycles. The van der Waals surface area contributed by atoms with Crippen molar-refractivity contribution in [3.8, 4) is 5.75 Å². The second kappa shape index (κ2) is 8.14. The Hall–Kier alpha value is -2.67. The predicted molar refractivity (Wildman–Crippen MR) is 98.4 cm³/mol. The quantitative estimate of drug-likeness (QED) is 0.887. The van der Waals surface area contributed by atoms with Gasteiger partial charge < -0.3 is 19.7 Å². The minimum atomic E-state index is -0.299. The van der Waals surface area contributed by atoms with Gasteiger partial charge in [-0.25, -0.2) is 4.98 Å². The number of nitrogens with zero attached hydrogens (tertiary/aromatic N) is 3. The van der Waals surface area contributed by atoms with Gasteiger partial charge in [-0.3, -0.25) is 9.78 Å². The molecular weight excluding hydrogens is 332 g/mol. The standard InChI is InChI=1S/C19H24N4O3/c1-13(2)26-15-6-4-14(5-7-15)19(24)23-10-11-25-16(12-23)17-18(20-3)22-9-8-21-17/h4-9,13,16H,10-12H2,1-3H3,(H,20,22). The summed E-state index contributed by atoms with van der Waals surface area (Å²) in [7, 11) is 1.79. The van der Waals surface area contributed by atoms with Crippen LogP contribution in [0.5, 0.6) is 5.75 Å². The van der Waals surface area contributed by atoms with Crippen molar-refractivity contribution in [2.24, 2.45) is 0 Å². The number of benzene rings is 1. The highest BCUT2D eigenvalue weighted by atomic mass is 16.5. The van der Waals surface area contributed by atoms with E-state index in [1.54, 1.807) is 36.5 Å². The lowest BCUT2D eigenvalue weighted by molar-refractivity contribution is -0.0245. The third-order valence-corrected chi connectivity index (χ3v) is 4.10. The number of rotatable bonds is 5. The normalized spacial score (nSPS) is 17.2. The van der Waals surface area contributed by atoms with Gasteiger partial charge in [-0.1, -0.05) is 0 Å². The Morgan fingerprint density at radius 3 is 2.69 bits per heavy atom. The van der Waals surface area contributed by atoms with Gasteiger partial charge >= 0.3 is 0 Å². The molecule has 1 N–H and O–H groups in total. The molecule has 0 aliphatic carbocycles. The van der Waals surface area contributed by atoms with Gasteiger partial charge in [0.2, 0.25) is 0 Å². The van der Waals surface area contributed by atoms with Crippen LogP contribution in [0.15, 0.2) is 36.7 Å². The van der Waals surface area contributed by atoms with Crippen molar-refractivity contribution < 1.29 is 14.3 Å². The van der Waals surface area contributed by atoms with Crippen LogP contribution < -0.4 is 10.1 Å². The molecule has 0 bridgehead atoms. The number of amides is 1. The van der Waals surface area contributed by atoms with Crippen molar-refractivity contribution in [1.82, 2.24) is 14.9 Å². The minimum absolute atomic E-state index is 0.0238. The lowest BCUT2D eigenvalue weighted by Gasteiger charge is -2.33.